The van der Waals surface area contributed by atoms with Crippen LogP contribution in [-0.4, -0.2) is 36.3 Å². The van der Waals surface area contributed by atoms with Crippen molar-refractivity contribution in [3.8, 4) is 0 Å². The molecule has 23 heavy (non-hydrogen) atoms. The molecule has 1 aromatic rings. The van der Waals surface area contributed by atoms with Crippen molar-refractivity contribution in [1.29, 1.82) is 0 Å². The highest BCUT2D eigenvalue weighted by Gasteiger charge is 2.46. The predicted molar refractivity (Wildman–Crippen MR) is 76.5 cm³/mol. The van der Waals surface area contributed by atoms with E-state index in [2.05, 4.69) is 5.32 Å². The Bertz CT molecular complexity index is 644. The number of alkyl halides is 3. The van der Waals surface area contributed by atoms with Crippen LogP contribution in [0.3, 0.4) is 0 Å². The van der Waals surface area contributed by atoms with E-state index < -0.39 is 17.7 Å². The Labute approximate surface area is 131 Å². The van der Waals surface area contributed by atoms with Crippen LogP contribution in [0, 0.1) is 5.92 Å². The van der Waals surface area contributed by atoms with Gasteiger partial charge < -0.3 is 10.2 Å². The number of amides is 2. The topological polar surface area (TPSA) is 49.4 Å². The number of rotatable bonds is 3. The molecule has 1 saturated heterocycles. The van der Waals surface area contributed by atoms with Crippen LogP contribution in [0.25, 0.3) is 0 Å². The van der Waals surface area contributed by atoms with Crippen LogP contribution in [-0.2, 0) is 15.8 Å². The van der Waals surface area contributed by atoms with Gasteiger partial charge in [-0.3, -0.25) is 9.59 Å². The lowest BCUT2D eigenvalue weighted by Crippen LogP contribution is -2.34. The van der Waals surface area contributed by atoms with E-state index in [1.165, 1.54) is 17.0 Å². The smallest absolute Gasteiger partial charge is 0.352 e. The van der Waals surface area contributed by atoms with Gasteiger partial charge in [0.15, 0.2) is 0 Å². The number of halogens is 3. The van der Waals surface area contributed by atoms with Gasteiger partial charge in [0.2, 0.25) is 11.8 Å². The molecule has 0 aromatic heterocycles. The Morgan fingerprint density at radius 3 is 2.61 bits per heavy atom. The highest BCUT2D eigenvalue weighted by molar-refractivity contribution is 5.89. The molecule has 2 aliphatic rings. The maximum atomic E-state index is 13.0. The van der Waals surface area contributed by atoms with E-state index in [0.29, 0.717) is 13.0 Å². The number of nitrogens with zero attached hydrogens (tertiary/aromatic N) is 1. The molecule has 1 aliphatic heterocycles. The minimum atomic E-state index is -4.39. The van der Waals surface area contributed by atoms with E-state index in [-0.39, 0.29) is 35.8 Å². The third-order valence-corrected chi connectivity index (χ3v) is 4.50. The summed E-state index contributed by atoms with van der Waals surface area (Å²) >= 11 is 0. The molecule has 1 aromatic carbocycles. The molecule has 2 amide bonds. The third-order valence-electron chi connectivity index (χ3n) is 4.50. The van der Waals surface area contributed by atoms with E-state index >= 15 is 0 Å². The van der Waals surface area contributed by atoms with Gasteiger partial charge in [0.25, 0.3) is 0 Å². The van der Waals surface area contributed by atoms with Crippen LogP contribution in [0.5, 0.6) is 0 Å². The molecule has 2 fully saturated rings. The second-order valence-electron chi connectivity index (χ2n) is 6.22. The number of hydrogen-bond acceptors (Lipinski definition) is 2. The Morgan fingerprint density at radius 2 is 2.00 bits per heavy atom. The first-order valence-corrected chi connectivity index (χ1v) is 7.48. The van der Waals surface area contributed by atoms with Crippen molar-refractivity contribution in [1.82, 2.24) is 10.2 Å². The summed E-state index contributed by atoms with van der Waals surface area (Å²) < 4.78 is 39.1. The van der Waals surface area contributed by atoms with E-state index in [9.17, 15) is 22.8 Å². The zero-order chi connectivity index (χ0) is 16.8. The number of carbonyl (C=O) groups is 2. The first kappa shape index (κ1) is 15.8. The van der Waals surface area contributed by atoms with Crippen LogP contribution in [0.4, 0.5) is 13.2 Å². The van der Waals surface area contributed by atoms with Crippen LogP contribution < -0.4 is 5.32 Å². The molecule has 1 aliphatic carbocycles. The maximum absolute atomic E-state index is 13.0. The molecule has 1 saturated carbocycles. The molecule has 3 atom stereocenters. The number of carbonyl (C=O) groups excluding carboxylic acids is 2. The first-order valence-electron chi connectivity index (χ1n) is 7.48. The summed E-state index contributed by atoms with van der Waals surface area (Å²) in [5.41, 5.74) is -0.414. The number of likely N-dealkylation sites (tertiary alicyclic amines) is 1. The Balaban J connectivity index is 1.65. The molecule has 1 N–H and O–H groups in total. The zero-order valence-electron chi connectivity index (χ0n) is 12.6. The van der Waals surface area contributed by atoms with Crippen molar-refractivity contribution in [3.63, 3.8) is 0 Å². The highest BCUT2D eigenvalue weighted by atomic mass is 19.4. The van der Waals surface area contributed by atoms with Gasteiger partial charge in [-0.15, -0.1) is 0 Å². The summed E-state index contributed by atoms with van der Waals surface area (Å²) in [6, 6.07) is 5.19. The quantitative estimate of drug-likeness (QED) is 0.925. The summed E-state index contributed by atoms with van der Waals surface area (Å²) in [6.07, 6.45) is -3.73. The van der Waals surface area contributed by atoms with E-state index in [4.69, 9.17) is 0 Å². The lowest BCUT2D eigenvalue weighted by molar-refractivity contribution is -0.138. The standard InChI is InChI=1S/C16H17F3N2O2/c1-21-8-9(6-14(21)22)15(23)20-13-7-11(13)10-4-2-3-5-12(10)16(17,18)19/h2-5,9,11,13H,6-8H2,1H3,(H,20,23)/t9-,11+,13-/m1/s1. The van der Waals surface area contributed by atoms with Gasteiger partial charge in [-0.2, -0.15) is 13.2 Å². The molecule has 3 rings (SSSR count). The first-order chi connectivity index (χ1) is 10.8. The van der Waals surface area contributed by atoms with Crippen molar-refractivity contribution in [2.75, 3.05) is 13.6 Å². The monoisotopic (exact) mass is 326 g/mol. The summed E-state index contributed by atoms with van der Waals surface area (Å²) in [4.78, 5) is 25.1. The van der Waals surface area contributed by atoms with Crippen molar-refractivity contribution in [2.45, 2.75) is 31.0 Å². The summed E-state index contributed by atoms with van der Waals surface area (Å²) in [5, 5.41) is 2.78. The van der Waals surface area contributed by atoms with E-state index in [1.807, 2.05) is 0 Å². The highest BCUT2D eigenvalue weighted by Crippen LogP contribution is 2.46. The zero-order valence-corrected chi connectivity index (χ0v) is 12.6. The summed E-state index contributed by atoms with van der Waals surface area (Å²) in [5.74, 6) is -1.06. The minimum absolute atomic E-state index is 0.0834. The third kappa shape index (κ3) is 3.18. The van der Waals surface area contributed by atoms with Gasteiger partial charge in [-0.25, -0.2) is 0 Å². The van der Waals surface area contributed by atoms with E-state index in [0.717, 1.165) is 6.07 Å². The fraction of sp³-hybridized carbons (Fsp3) is 0.500. The predicted octanol–water partition coefficient (Wildman–Crippen LogP) is 2.16. The minimum Gasteiger partial charge on any atom is -0.352 e. The van der Waals surface area contributed by atoms with Gasteiger partial charge in [0.1, 0.15) is 0 Å². The molecular weight excluding hydrogens is 309 g/mol. The van der Waals surface area contributed by atoms with Crippen molar-refractivity contribution < 1.29 is 22.8 Å². The Kier molecular flexibility index (Phi) is 3.82. The molecule has 0 unspecified atom stereocenters. The Morgan fingerprint density at radius 1 is 1.30 bits per heavy atom. The van der Waals surface area contributed by atoms with Gasteiger partial charge in [0, 0.05) is 32.0 Å². The molecule has 0 radical (unpaired) electrons. The average Bonchev–Trinajstić information content (AvgIpc) is 3.16. The maximum Gasteiger partial charge on any atom is 0.416 e. The second kappa shape index (κ2) is 5.54. The molecule has 0 spiro atoms. The normalized spacial score (nSPS) is 27.2. The van der Waals surface area contributed by atoms with Gasteiger partial charge in [-0.05, 0) is 18.1 Å². The molecule has 1 heterocycles. The van der Waals surface area contributed by atoms with Crippen molar-refractivity contribution in [3.05, 3.63) is 35.4 Å². The fourth-order valence-electron chi connectivity index (χ4n) is 3.12. The van der Waals surface area contributed by atoms with Gasteiger partial charge >= 0.3 is 6.18 Å². The van der Waals surface area contributed by atoms with Crippen LogP contribution in [0.15, 0.2) is 24.3 Å². The summed E-state index contributed by atoms with van der Waals surface area (Å²) in [7, 11) is 1.63. The van der Waals surface area contributed by atoms with Crippen LogP contribution >= 0.6 is 0 Å². The molecule has 124 valence electrons. The largest absolute Gasteiger partial charge is 0.416 e. The van der Waals surface area contributed by atoms with Gasteiger partial charge in [0.05, 0.1) is 11.5 Å². The number of hydrogen-bond donors (Lipinski definition) is 1. The van der Waals surface area contributed by atoms with E-state index in [1.54, 1.807) is 13.1 Å². The van der Waals surface area contributed by atoms with Crippen LogP contribution in [0.1, 0.15) is 29.9 Å². The Hall–Kier alpha value is -2.05. The summed E-state index contributed by atoms with van der Waals surface area (Å²) in [6.45, 7) is 0.362. The number of benzene rings is 1. The fourth-order valence-corrected chi connectivity index (χ4v) is 3.12. The van der Waals surface area contributed by atoms with Gasteiger partial charge in [-0.1, -0.05) is 18.2 Å². The van der Waals surface area contributed by atoms with Crippen molar-refractivity contribution >= 4 is 11.8 Å². The molecule has 0 bridgehead atoms. The molecular formula is C16H17F3N2O2. The number of nitrogens with one attached hydrogen (secondary N) is 1. The van der Waals surface area contributed by atoms with Crippen molar-refractivity contribution in [2.24, 2.45) is 5.92 Å². The average molecular weight is 326 g/mol. The SMILES string of the molecule is CN1C[C@H](C(=O)N[C@@H]2C[C@H]2c2ccccc2C(F)(F)F)CC1=O. The lowest BCUT2D eigenvalue weighted by atomic mass is 10.0. The second-order valence-corrected chi connectivity index (χ2v) is 6.22. The molecule has 7 heteroatoms. The lowest BCUT2D eigenvalue weighted by Gasteiger charge is -2.14. The molecule has 4 nitrogen and oxygen atoms in total. The van der Waals surface area contributed by atoms with Crippen LogP contribution in [0.2, 0.25) is 0 Å².